The number of amides is 1. The summed E-state index contributed by atoms with van der Waals surface area (Å²) in [5, 5.41) is 6.28. The lowest BCUT2D eigenvalue weighted by Gasteiger charge is -2.19. The van der Waals surface area contributed by atoms with Crippen LogP contribution in [0.5, 0.6) is 0 Å². The Hall–Kier alpha value is -0.830. The van der Waals surface area contributed by atoms with Gasteiger partial charge in [0.1, 0.15) is 0 Å². The van der Waals surface area contributed by atoms with Crippen LogP contribution < -0.4 is 10.6 Å². The van der Waals surface area contributed by atoms with Gasteiger partial charge in [-0.3, -0.25) is 4.79 Å². The predicted molar refractivity (Wildman–Crippen MR) is 62.7 cm³/mol. The van der Waals surface area contributed by atoms with Crippen LogP contribution in [0.15, 0.2) is 12.7 Å². The maximum Gasteiger partial charge on any atom is 0.237 e. The highest BCUT2D eigenvalue weighted by molar-refractivity contribution is 5.81. The molecule has 0 aromatic carbocycles. The molecule has 1 fully saturated rings. The number of hydrogen-bond acceptors (Lipinski definition) is 2. The van der Waals surface area contributed by atoms with Crippen molar-refractivity contribution in [1.29, 1.82) is 0 Å². The monoisotopic (exact) mass is 210 g/mol. The number of hydrogen-bond donors (Lipinski definition) is 2. The first-order valence-electron chi connectivity index (χ1n) is 5.80. The quantitative estimate of drug-likeness (QED) is 0.627. The van der Waals surface area contributed by atoms with Crippen molar-refractivity contribution in [3.05, 3.63) is 12.7 Å². The molecule has 1 rings (SSSR count). The summed E-state index contributed by atoms with van der Waals surface area (Å²) >= 11 is 0. The van der Waals surface area contributed by atoms with Gasteiger partial charge in [0.25, 0.3) is 0 Å². The fourth-order valence-corrected chi connectivity index (χ4v) is 1.51. The second kappa shape index (κ2) is 5.91. The third-order valence-corrected chi connectivity index (χ3v) is 2.66. The molecule has 0 aromatic rings. The molecule has 0 saturated heterocycles. The summed E-state index contributed by atoms with van der Waals surface area (Å²) in [6.45, 7) is 7.71. The Balaban J connectivity index is 2.16. The van der Waals surface area contributed by atoms with Gasteiger partial charge >= 0.3 is 0 Å². The zero-order valence-electron chi connectivity index (χ0n) is 9.75. The highest BCUT2D eigenvalue weighted by Crippen LogP contribution is 2.18. The van der Waals surface area contributed by atoms with Gasteiger partial charge in [-0.15, -0.1) is 6.58 Å². The van der Waals surface area contributed by atoms with Crippen LogP contribution in [-0.2, 0) is 4.79 Å². The van der Waals surface area contributed by atoms with Crippen molar-refractivity contribution in [2.24, 2.45) is 0 Å². The van der Waals surface area contributed by atoms with E-state index in [2.05, 4.69) is 24.1 Å². The van der Waals surface area contributed by atoms with Crippen molar-refractivity contribution in [3.63, 3.8) is 0 Å². The maximum atomic E-state index is 11.6. The van der Waals surface area contributed by atoms with Gasteiger partial charge in [0.15, 0.2) is 0 Å². The van der Waals surface area contributed by atoms with E-state index in [1.165, 1.54) is 0 Å². The van der Waals surface area contributed by atoms with Crippen LogP contribution in [0.25, 0.3) is 0 Å². The van der Waals surface area contributed by atoms with Crippen LogP contribution in [0.2, 0.25) is 0 Å². The van der Waals surface area contributed by atoms with Crippen molar-refractivity contribution in [3.8, 4) is 0 Å². The Morgan fingerprint density at radius 2 is 2.20 bits per heavy atom. The minimum atomic E-state index is -0.0922. The number of rotatable bonds is 7. The van der Waals surface area contributed by atoms with E-state index in [9.17, 15) is 4.79 Å². The summed E-state index contributed by atoms with van der Waals surface area (Å²) in [6, 6.07) is 0.721. The number of carbonyl (C=O) groups is 1. The lowest BCUT2D eigenvalue weighted by atomic mass is 10.1. The van der Waals surface area contributed by atoms with Crippen molar-refractivity contribution in [1.82, 2.24) is 10.6 Å². The van der Waals surface area contributed by atoms with Gasteiger partial charge in [-0.1, -0.05) is 6.08 Å². The molecular weight excluding hydrogens is 188 g/mol. The average molecular weight is 210 g/mol. The van der Waals surface area contributed by atoms with Crippen LogP contribution in [-0.4, -0.2) is 24.0 Å². The highest BCUT2D eigenvalue weighted by atomic mass is 16.2. The van der Waals surface area contributed by atoms with Gasteiger partial charge in [0.2, 0.25) is 5.91 Å². The lowest BCUT2D eigenvalue weighted by Crippen LogP contribution is -2.46. The van der Waals surface area contributed by atoms with E-state index in [-0.39, 0.29) is 11.9 Å². The molecule has 1 aliphatic carbocycles. The number of carbonyl (C=O) groups excluding carboxylic acids is 1. The van der Waals surface area contributed by atoms with E-state index in [1.54, 1.807) is 0 Å². The molecule has 86 valence electrons. The van der Waals surface area contributed by atoms with Gasteiger partial charge in [-0.25, -0.2) is 0 Å². The van der Waals surface area contributed by atoms with E-state index < -0.39 is 0 Å². The SMILES string of the molecule is C=CCCC(C)NC(C)C(=O)NC1CC1. The fourth-order valence-electron chi connectivity index (χ4n) is 1.51. The van der Waals surface area contributed by atoms with Crippen LogP contribution in [0, 0.1) is 0 Å². The molecule has 0 aromatic heterocycles. The van der Waals surface area contributed by atoms with E-state index >= 15 is 0 Å². The van der Waals surface area contributed by atoms with Gasteiger partial charge < -0.3 is 10.6 Å². The summed E-state index contributed by atoms with van der Waals surface area (Å²) in [5.41, 5.74) is 0. The second-order valence-corrected chi connectivity index (χ2v) is 4.44. The molecule has 2 atom stereocenters. The van der Waals surface area contributed by atoms with Crippen LogP contribution in [0.3, 0.4) is 0 Å². The molecular formula is C12H22N2O. The molecule has 1 aliphatic rings. The third-order valence-electron chi connectivity index (χ3n) is 2.66. The standard InChI is InChI=1S/C12H22N2O/c1-4-5-6-9(2)13-10(3)12(15)14-11-7-8-11/h4,9-11,13H,1,5-8H2,2-3H3,(H,14,15). The Morgan fingerprint density at radius 1 is 1.53 bits per heavy atom. The first-order chi connectivity index (χ1) is 7.13. The Bertz CT molecular complexity index is 224. The highest BCUT2D eigenvalue weighted by Gasteiger charge is 2.25. The van der Waals surface area contributed by atoms with Gasteiger partial charge in [-0.05, 0) is 39.5 Å². The molecule has 0 spiro atoms. The molecule has 0 aliphatic heterocycles. The Morgan fingerprint density at radius 3 is 2.73 bits per heavy atom. The van der Waals surface area contributed by atoms with Crippen molar-refractivity contribution in [2.75, 3.05) is 0 Å². The molecule has 1 amide bonds. The zero-order valence-corrected chi connectivity index (χ0v) is 9.75. The summed E-state index contributed by atoms with van der Waals surface area (Å²) < 4.78 is 0. The summed E-state index contributed by atoms with van der Waals surface area (Å²) in [7, 11) is 0. The fraction of sp³-hybridized carbons (Fsp3) is 0.750. The van der Waals surface area contributed by atoms with Crippen LogP contribution in [0.4, 0.5) is 0 Å². The van der Waals surface area contributed by atoms with E-state index in [1.807, 2.05) is 13.0 Å². The van der Waals surface area contributed by atoms with Gasteiger partial charge in [-0.2, -0.15) is 0 Å². The third kappa shape index (κ3) is 4.98. The summed E-state index contributed by atoms with van der Waals surface area (Å²) in [5.74, 6) is 0.128. The first kappa shape index (κ1) is 12.2. The average Bonchev–Trinajstić information content (AvgIpc) is 2.98. The number of allylic oxidation sites excluding steroid dienone is 1. The molecule has 2 N–H and O–H groups in total. The lowest BCUT2D eigenvalue weighted by molar-refractivity contribution is -0.123. The summed E-state index contributed by atoms with van der Waals surface area (Å²) in [4.78, 5) is 11.6. The largest absolute Gasteiger partial charge is 0.352 e. The molecule has 15 heavy (non-hydrogen) atoms. The summed E-state index contributed by atoms with van der Waals surface area (Å²) in [6.07, 6.45) is 6.22. The van der Waals surface area contributed by atoms with Gasteiger partial charge in [0, 0.05) is 12.1 Å². The van der Waals surface area contributed by atoms with Gasteiger partial charge in [0.05, 0.1) is 6.04 Å². The van der Waals surface area contributed by atoms with Crippen LogP contribution >= 0.6 is 0 Å². The van der Waals surface area contributed by atoms with Crippen molar-refractivity contribution < 1.29 is 4.79 Å². The normalized spacial score (nSPS) is 19.3. The Labute approximate surface area is 92.3 Å². The molecule has 0 bridgehead atoms. The molecule has 3 nitrogen and oxygen atoms in total. The second-order valence-electron chi connectivity index (χ2n) is 4.44. The van der Waals surface area contributed by atoms with Crippen molar-refractivity contribution >= 4 is 5.91 Å². The molecule has 3 heteroatoms. The molecule has 0 heterocycles. The van der Waals surface area contributed by atoms with E-state index in [0.29, 0.717) is 12.1 Å². The van der Waals surface area contributed by atoms with E-state index in [0.717, 1.165) is 25.7 Å². The molecule has 0 radical (unpaired) electrons. The minimum absolute atomic E-state index is 0.0922. The van der Waals surface area contributed by atoms with E-state index in [4.69, 9.17) is 0 Å². The molecule has 1 saturated carbocycles. The smallest absolute Gasteiger partial charge is 0.237 e. The van der Waals surface area contributed by atoms with Crippen molar-refractivity contribution in [2.45, 2.75) is 57.7 Å². The first-order valence-corrected chi connectivity index (χ1v) is 5.80. The zero-order chi connectivity index (χ0) is 11.3. The Kier molecular flexibility index (Phi) is 4.82. The van der Waals surface area contributed by atoms with Crippen LogP contribution in [0.1, 0.15) is 39.5 Å². The molecule has 2 unspecified atom stereocenters. The minimum Gasteiger partial charge on any atom is -0.352 e. The topological polar surface area (TPSA) is 41.1 Å². The number of nitrogens with one attached hydrogen (secondary N) is 2. The predicted octanol–water partition coefficient (Wildman–Crippen LogP) is 1.60. The maximum absolute atomic E-state index is 11.6.